The highest BCUT2D eigenvalue weighted by Crippen LogP contribution is 2.38. The first-order chi connectivity index (χ1) is 13.5. The first-order valence-corrected chi connectivity index (χ1v) is 9.88. The Morgan fingerprint density at radius 1 is 1.18 bits per heavy atom. The number of urea groups is 1. The third-order valence-electron chi connectivity index (χ3n) is 4.65. The van der Waals surface area contributed by atoms with Crippen molar-refractivity contribution < 1.29 is 10.0 Å². The van der Waals surface area contributed by atoms with Crippen molar-refractivity contribution in [3.8, 4) is 11.3 Å². The maximum atomic E-state index is 10.8. The van der Waals surface area contributed by atoms with Crippen LogP contribution in [-0.2, 0) is 6.54 Å². The topological polar surface area (TPSA) is 84.4 Å². The summed E-state index contributed by atoms with van der Waals surface area (Å²) in [5.41, 5.74) is 7.92. The summed E-state index contributed by atoms with van der Waals surface area (Å²) in [6.45, 7) is 1.03. The first-order valence-electron chi connectivity index (χ1n) is 9.12. The largest absolute Gasteiger partial charge is 0.350 e. The molecule has 8 heteroatoms. The number of hydroxylamine groups is 2. The molecule has 0 aliphatic rings. The lowest BCUT2D eigenvalue weighted by Gasteiger charge is -2.13. The highest BCUT2D eigenvalue weighted by atomic mass is 35.5. The van der Waals surface area contributed by atoms with E-state index in [1.54, 1.807) is 12.4 Å². The van der Waals surface area contributed by atoms with Crippen LogP contribution in [0.25, 0.3) is 22.2 Å². The van der Waals surface area contributed by atoms with E-state index in [1.165, 1.54) is 0 Å². The number of carbonyl (C=O) groups is 1. The zero-order chi connectivity index (χ0) is 20.1. The van der Waals surface area contributed by atoms with Crippen LogP contribution in [0.15, 0.2) is 42.7 Å². The van der Waals surface area contributed by atoms with Crippen molar-refractivity contribution in [3.05, 3.63) is 52.8 Å². The number of aryl methyl sites for hydroxylation is 1. The molecule has 0 unspecified atom stereocenters. The minimum absolute atomic E-state index is 0.243. The monoisotopic (exact) mass is 420 g/mol. The smallest absolute Gasteiger partial charge is 0.338 e. The van der Waals surface area contributed by atoms with Crippen molar-refractivity contribution in [2.24, 2.45) is 5.73 Å². The second kappa shape index (κ2) is 9.28. The molecule has 0 saturated heterocycles. The van der Waals surface area contributed by atoms with Crippen molar-refractivity contribution >= 4 is 40.1 Å². The van der Waals surface area contributed by atoms with E-state index in [-0.39, 0.29) is 6.54 Å². The molecular weight excluding hydrogens is 399 g/mol. The molecule has 1 aromatic carbocycles. The normalized spacial score (nSPS) is 11.1. The van der Waals surface area contributed by atoms with Crippen LogP contribution in [0.1, 0.15) is 25.7 Å². The van der Waals surface area contributed by atoms with E-state index >= 15 is 0 Å². The van der Waals surface area contributed by atoms with Gasteiger partial charge in [-0.1, -0.05) is 36.0 Å². The van der Waals surface area contributed by atoms with E-state index in [4.69, 9.17) is 28.9 Å². The van der Waals surface area contributed by atoms with Crippen LogP contribution in [0.3, 0.4) is 0 Å². The maximum absolute atomic E-state index is 10.8. The van der Waals surface area contributed by atoms with Gasteiger partial charge in [-0.15, -0.1) is 0 Å². The molecule has 0 saturated carbocycles. The Morgan fingerprint density at radius 2 is 1.96 bits per heavy atom. The summed E-state index contributed by atoms with van der Waals surface area (Å²) in [6, 6.07) is 8.79. The average Bonchev–Trinajstić information content (AvgIpc) is 2.96. The molecule has 3 N–H and O–H groups in total. The van der Waals surface area contributed by atoms with Crippen LogP contribution < -0.4 is 5.73 Å². The predicted molar refractivity (Wildman–Crippen MR) is 112 cm³/mol. The van der Waals surface area contributed by atoms with Crippen molar-refractivity contribution in [3.63, 3.8) is 0 Å². The molecular formula is C20H22Cl2N4O2. The van der Waals surface area contributed by atoms with Crippen LogP contribution in [0.5, 0.6) is 0 Å². The zero-order valence-corrected chi connectivity index (χ0v) is 16.8. The number of halogens is 2. The van der Waals surface area contributed by atoms with Gasteiger partial charge in [0.25, 0.3) is 0 Å². The molecule has 0 fully saturated rings. The molecule has 3 aromatic rings. The van der Waals surface area contributed by atoms with Crippen LogP contribution in [-0.4, -0.2) is 32.4 Å². The van der Waals surface area contributed by atoms with Gasteiger partial charge in [-0.05, 0) is 43.2 Å². The molecule has 148 valence electrons. The van der Waals surface area contributed by atoms with Gasteiger partial charge in [-0.2, -0.15) is 0 Å². The number of carbonyl (C=O) groups excluding carboxylic acids is 1. The number of aromatic nitrogens is 2. The second-order valence-electron chi connectivity index (χ2n) is 6.59. The van der Waals surface area contributed by atoms with Gasteiger partial charge in [0.15, 0.2) is 0 Å². The van der Waals surface area contributed by atoms with Gasteiger partial charge in [0.05, 0.1) is 22.8 Å². The standard InChI is InChI=1S/C20H22Cl2N4O2/c21-15-7-8-17-16(12-15)18(22)19(14-6-5-9-24-13-14)25(17)10-3-1-2-4-11-26(28)20(23)27/h5-9,12-13,28H,1-4,10-11H2,(H2,23,27). The van der Waals surface area contributed by atoms with Crippen LogP contribution in [0.2, 0.25) is 10.0 Å². The number of amides is 2. The average molecular weight is 421 g/mol. The summed E-state index contributed by atoms with van der Waals surface area (Å²) < 4.78 is 2.20. The second-order valence-corrected chi connectivity index (χ2v) is 7.41. The molecule has 0 spiro atoms. The van der Waals surface area contributed by atoms with E-state index in [9.17, 15) is 10.0 Å². The molecule has 0 bridgehead atoms. The van der Waals surface area contributed by atoms with Gasteiger partial charge in [-0.3, -0.25) is 10.2 Å². The Labute approximate surface area is 173 Å². The minimum Gasteiger partial charge on any atom is -0.350 e. The SMILES string of the molecule is NC(=O)N(O)CCCCCCn1c(-c2cccnc2)c(Cl)c2cc(Cl)ccc21. The fraction of sp³-hybridized carbons (Fsp3) is 0.300. The van der Waals surface area contributed by atoms with Gasteiger partial charge in [0, 0.05) is 34.9 Å². The summed E-state index contributed by atoms with van der Waals surface area (Å²) in [4.78, 5) is 15.0. The summed E-state index contributed by atoms with van der Waals surface area (Å²) in [5, 5.41) is 12.1. The third-order valence-corrected chi connectivity index (χ3v) is 5.27. The summed E-state index contributed by atoms with van der Waals surface area (Å²) in [6.07, 6.45) is 6.99. The summed E-state index contributed by atoms with van der Waals surface area (Å²) in [7, 11) is 0. The Bertz CT molecular complexity index is 960. The quantitative estimate of drug-likeness (QED) is 0.293. The lowest BCUT2D eigenvalue weighted by atomic mass is 10.1. The molecule has 2 heterocycles. The van der Waals surface area contributed by atoms with Gasteiger partial charge in [0.1, 0.15) is 0 Å². The van der Waals surface area contributed by atoms with E-state index in [2.05, 4.69) is 9.55 Å². The van der Waals surface area contributed by atoms with Gasteiger partial charge in [0.2, 0.25) is 0 Å². The van der Waals surface area contributed by atoms with Crippen molar-refractivity contribution in [2.45, 2.75) is 32.2 Å². The number of nitrogens with zero attached hydrogens (tertiary/aromatic N) is 3. The number of hydrogen-bond acceptors (Lipinski definition) is 3. The van der Waals surface area contributed by atoms with Crippen LogP contribution in [0.4, 0.5) is 4.79 Å². The number of pyridine rings is 1. The Hall–Kier alpha value is -2.28. The number of unbranched alkanes of at least 4 members (excludes halogenated alkanes) is 3. The van der Waals surface area contributed by atoms with E-state index in [1.807, 2.05) is 30.3 Å². The van der Waals surface area contributed by atoms with Crippen LogP contribution in [0, 0.1) is 0 Å². The molecule has 0 radical (unpaired) electrons. The number of benzene rings is 1. The van der Waals surface area contributed by atoms with Gasteiger partial charge < -0.3 is 10.3 Å². The summed E-state index contributed by atoms with van der Waals surface area (Å²) >= 11 is 12.9. The fourth-order valence-corrected chi connectivity index (χ4v) is 3.83. The first kappa shape index (κ1) is 20.5. The molecule has 28 heavy (non-hydrogen) atoms. The lowest BCUT2D eigenvalue weighted by Crippen LogP contribution is -2.33. The highest BCUT2D eigenvalue weighted by molar-refractivity contribution is 6.39. The van der Waals surface area contributed by atoms with E-state index < -0.39 is 6.03 Å². The minimum atomic E-state index is -0.826. The Kier molecular flexibility index (Phi) is 6.78. The van der Waals surface area contributed by atoms with Crippen molar-refractivity contribution in [2.75, 3.05) is 6.54 Å². The molecule has 6 nitrogen and oxygen atoms in total. The van der Waals surface area contributed by atoms with E-state index in [0.717, 1.165) is 48.0 Å². The number of primary amides is 1. The highest BCUT2D eigenvalue weighted by Gasteiger charge is 2.17. The number of fused-ring (bicyclic) bond motifs is 1. The Balaban J connectivity index is 1.75. The van der Waals surface area contributed by atoms with Gasteiger partial charge in [-0.25, -0.2) is 9.86 Å². The summed E-state index contributed by atoms with van der Waals surface area (Å²) in [5.74, 6) is 0. The predicted octanol–water partition coefficient (Wildman–Crippen LogP) is 5.34. The molecule has 0 atom stereocenters. The molecule has 3 rings (SSSR count). The molecule has 0 aliphatic heterocycles. The third kappa shape index (κ3) is 4.58. The molecule has 0 aliphatic carbocycles. The maximum Gasteiger partial charge on any atom is 0.338 e. The van der Waals surface area contributed by atoms with Crippen LogP contribution >= 0.6 is 23.2 Å². The van der Waals surface area contributed by atoms with Gasteiger partial charge >= 0.3 is 6.03 Å². The van der Waals surface area contributed by atoms with E-state index in [0.29, 0.717) is 21.5 Å². The fourth-order valence-electron chi connectivity index (χ4n) is 3.30. The number of rotatable bonds is 8. The van der Waals surface area contributed by atoms with Crippen molar-refractivity contribution in [1.82, 2.24) is 14.6 Å². The number of hydrogen-bond donors (Lipinski definition) is 2. The van der Waals surface area contributed by atoms with Crippen molar-refractivity contribution in [1.29, 1.82) is 0 Å². The molecule has 2 aromatic heterocycles. The lowest BCUT2D eigenvalue weighted by molar-refractivity contribution is -0.0403. The Morgan fingerprint density at radius 3 is 2.68 bits per heavy atom. The molecule has 2 amide bonds. The zero-order valence-electron chi connectivity index (χ0n) is 15.3. The number of nitrogens with two attached hydrogens (primary N) is 1.